The number of benzene rings is 2. The Labute approximate surface area is 195 Å². The number of amides is 2. The molecule has 0 bridgehead atoms. The molecule has 0 fully saturated rings. The fourth-order valence-corrected chi connectivity index (χ4v) is 3.83. The molecule has 1 heterocycles. The molecule has 7 heteroatoms. The average Bonchev–Trinajstić information content (AvgIpc) is 2.81. The van der Waals surface area contributed by atoms with Gasteiger partial charge in [0.1, 0.15) is 11.5 Å². The van der Waals surface area contributed by atoms with Gasteiger partial charge < -0.3 is 19.3 Å². The smallest absolute Gasteiger partial charge is 0.265 e. The van der Waals surface area contributed by atoms with Crippen molar-refractivity contribution in [3.63, 3.8) is 0 Å². The van der Waals surface area contributed by atoms with Gasteiger partial charge in [0.25, 0.3) is 5.91 Å². The lowest BCUT2D eigenvalue weighted by atomic mass is 10.1. The second-order valence-electron chi connectivity index (χ2n) is 8.17. The third-order valence-corrected chi connectivity index (χ3v) is 5.81. The Balaban J connectivity index is 1.69. The number of carbonyl (C=O) groups excluding carboxylic acids is 3. The van der Waals surface area contributed by atoms with Crippen molar-refractivity contribution in [1.29, 1.82) is 0 Å². The molecule has 0 aromatic heterocycles. The Morgan fingerprint density at radius 3 is 2.58 bits per heavy atom. The van der Waals surface area contributed by atoms with E-state index >= 15 is 0 Å². The van der Waals surface area contributed by atoms with E-state index in [1.165, 1.54) is 0 Å². The molecular formula is C26H32N2O5. The van der Waals surface area contributed by atoms with Crippen LogP contribution in [-0.4, -0.2) is 55.3 Å². The lowest BCUT2D eigenvalue weighted by Crippen LogP contribution is -2.40. The topological polar surface area (TPSA) is 76.2 Å². The minimum Gasteiger partial charge on any atom is -0.485 e. The number of anilines is 1. The normalized spacial score (nSPS) is 12.7. The summed E-state index contributed by atoms with van der Waals surface area (Å²) in [5.41, 5.74) is 3.02. The Hall–Kier alpha value is -3.35. The zero-order valence-corrected chi connectivity index (χ0v) is 19.8. The van der Waals surface area contributed by atoms with Crippen molar-refractivity contribution in [2.24, 2.45) is 0 Å². The number of aryl methyl sites for hydroxylation is 2. The van der Waals surface area contributed by atoms with Gasteiger partial charge in [0.2, 0.25) is 5.91 Å². The molecular weight excluding hydrogens is 420 g/mol. The van der Waals surface area contributed by atoms with Crippen LogP contribution in [0.4, 0.5) is 5.69 Å². The van der Waals surface area contributed by atoms with E-state index in [2.05, 4.69) is 0 Å². The summed E-state index contributed by atoms with van der Waals surface area (Å²) in [4.78, 5) is 41.0. The molecule has 0 N–H and O–H groups in total. The van der Waals surface area contributed by atoms with Crippen molar-refractivity contribution in [3.8, 4) is 11.5 Å². The zero-order chi connectivity index (χ0) is 24.0. The first-order valence-electron chi connectivity index (χ1n) is 11.4. The van der Waals surface area contributed by atoms with Gasteiger partial charge in [-0.15, -0.1) is 0 Å². The summed E-state index contributed by atoms with van der Waals surface area (Å²) in [6, 6.07) is 10.9. The maximum absolute atomic E-state index is 12.8. The number of Topliss-reactive ketones (excluding diaryl/α,β-unsaturated/α-hetero) is 1. The average molecular weight is 453 g/mol. The van der Waals surface area contributed by atoms with Crippen LogP contribution >= 0.6 is 0 Å². The van der Waals surface area contributed by atoms with Crippen LogP contribution in [0.5, 0.6) is 11.5 Å². The predicted molar refractivity (Wildman–Crippen MR) is 127 cm³/mol. The molecule has 7 nitrogen and oxygen atoms in total. The van der Waals surface area contributed by atoms with Crippen molar-refractivity contribution in [1.82, 2.24) is 4.90 Å². The number of ether oxygens (including phenoxy) is 2. The number of hydrogen-bond acceptors (Lipinski definition) is 5. The third-order valence-electron chi connectivity index (χ3n) is 5.81. The largest absolute Gasteiger partial charge is 0.485 e. The van der Waals surface area contributed by atoms with E-state index in [0.29, 0.717) is 55.2 Å². The molecule has 0 atom stereocenters. The number of ketones is 1. The number of fused-ring (bicyclic) bond motifs is 1. The second-order valence-corrected chi connectivity index (χ2v) is 8.17. The molecule has 33 heavy (non-hydrogen) atoms. The van der Waals surface area contributed by atoms with E-state index in [-0.39, 0.29) is 30.8 Å². The highest BCUT2D eigenvalue weighted by molar-refractivity contribution is 6.02. The summed E-state index contributed by atoms with van der Waals surface area (Å²) in [7, 11) is 0. The fraction of sp³-hybridized carbons (Fsp3) is 0.423. The lowest BCUT2D eigenvalue weighted by Gasteiger charge is -2.30. The summed E-state index contributed by atoms with van der Waals surface area (Å²) in [6.07, 6.45) is 0.901. The fourth-order valence-electron chi connectivity index (χ4n) is 3.83. The van der Waals surface area contributed by atoms with E-state index in [0.717, 1.165) is 11.1 Å². The SMILES string of the molecule is CCN(CC)C(=O)CCCN1C(=O)COc2ccc(C(=O)COc3cc(C)ccc3C)cc21. The van der Waals surface area contributed by atoms with E-state index in [1.54, 1.807) is 28.0 Å². The summed E-state index contributed by atoms with van der Waals surface area (Å²) in [5, 5.41) is 0. The van der Waals surface area contributed by atoms with Crippen LogP contribution in [0.25, 0.3) is 0 Å². The Kier molecular flexibility index (Phi) is 8.09. The van der Waals surface area contributed by atoms with Gasteiger partial charge in [-0.05, 0) is 69.5 Å². The maximum Gasteiger partial charge on any atom is 0.265 e. The van der Waals surface area contributed by atoms with Crippen molar-refractivity contribution in [2.75, 3.05) is 37.7 Å². The third kappa shape index (κ3) is 5.92. The second kappa shape index (κ2) is 11.0. The molecule has 2 aromatic rings. The van der Waals surface area contributed by atoms with E-state index in [4.69, 9.17) is 9.47 Å². The van der Waals surface area contributed by atoms with Gasteiger partial charge >= 0.3 is 0 Å². The standard InChI is InChI=1S/C26H32N2O5/c1-5-27(6-2)25(30)8-7-13-28-21-15-20(11-12-23(21)33-17-26(28)31)22(29)16-32-24-14-18(3)9-10-19(24)4/h9-12,14-15H,5-8,13,16-17H2,1-4H3. The Morgan fingerprint density at radius 2 is 1.85 bits per heavy atom. The molecule has 1 aliphatic heterocycles. The van der Waals surface area contributed by atoms with Gasteiger partial charge in [0.15, 0.2) is 19.0 Å². The molecule has 0 unspecified atom stereocenters. The minimum absolute atomic E-state index is 0.0555. The monoisotopic (exact) mass is 452 g/mol. The van der Waals surface area contributed by atoms with Crippen LogP contribution in [0.2, 0.25) is 0 Å². The number of nitrogens with zero attached hydrogens (tertiary/aromatic N) is 2. The van der Waals surface area contributed by atoms with Gasteiger partial charge in [0.05, 0.1) is 5.69 Å². The van der Waals surface area contributed by atoms with Crippen molar-refractivity contribution in [3.05, 3.63) is 53.1 Å². The van der Waals surface area contributed by atoms with Crippen molar-refractivity contribution in [2.45, 2.75) is 40.5 Å². The maximum atomic E-state index is 12.8. The van der Waals surface area contributed by atoms with Gasteiger partial charge in [-0.2, -0.15) is 0 Å². The molecule has 0 radical (unpaired) electrons. The van der Waals surface area contributed by atoms with E-state index in [1.807, 2.05) is 45.9 Å². The first-order chi connectivity index (χ1) is 15.8. The number of rotatable bonds is 10. The molecule has 176 valence electrons. The number of carbonyl (C=O) groups is 3. The van der Waals surface area contributed by atoms with Gasteiger partial charge in [-0.25, -0.2) is 0 Å². The molecule has 2 amide bonds. The quantitative estimate of drug-likeness (QED) is 0.511. The van der Waals surface area contributed by atoms with Crippen LogP contribution in [0, 0.1) is 13.8 Å². The first kappa shape index (κ1) is 24.3. The van der Waals surface area contributed by atoms with E-state index < -0.39 is 0 Å². The van der Waals surface area contributed by atoms with Crippen LogP contribution in [0.1, 0.15) is 48.2 Å². The summed E-state index contributed by atoms with van der Waals surface area (Å²) in [5.74, 6) is 0.937. The van der Waals surface area contributed by atoms with Crippen LogP contribution in [-0.2, 0) is 9.59 Å². The predicted octanol–water partition coefficient (Wildman–Crippen LogP) is 3.94. The molecule has 0 aliphatic carbocycles. The highest BCUT2D eigenvalue weighted by Gasteiger charge is 2.26. The lowest BCUT2D eigenvalue weighted by molar-refractivity contribution is -0.131. The van der Waals surface area contributed by atoms with Crippen LogP contribution in [0.3, 0.4) is 0 Å². The first-order valence-corrected chi connectivity index (χ1v) is 11.4. The van der Waals surface area contributed by atoms with Gasteiger partial charge in [-0.3, -0.25) is 14.4 Å². The van der Waals surface area contributed by atoms with E-state index in [9.17, 15) is 14.4 Å². The molecule has 0 spiro atoms. The van der Waals surface area contributed by atoms with Gasteiger partial charge in [0, 0.05) is 31.6 Å². The van der Waals surface area contributed by atoms with Crippen LogP contribution < -0.4 is 14.4 Å². The van der Waals surface area contributed by atoms with Crippen LogP contribution in [0.15, 0.2) is 36.4 Å². The summed E-state index contributed by atoms with van der Waals surface area (Å²) < 4.78 is 11.3. The molecule has 2 aromatic carbocycles. The van der Waals surface area contributed by atoms with Crippen molar-refractivity contribution >= 4 is 23.3 Å². The minimum atomic E-state index is -0.187. The molecule has 0 saturated heterocycles. The summed E-state index contributed by atoms with van der Waals surface area (Å²) in [6.45, 7) is 9.38. The zero-order valence-electron chi connectivity index (χ0n) is 19.8. The van der Waals surface area contributed by atoms with Gasteiger partial charge in [-0.1, -0.05) is 12.1 Å². The Bertz CT molecular complexity index is 1030. The molecule has 3 rings (SSSR count). The highest BCUT2D eigenvalue weighted by Crippen LogP contribution is 2.33. The molecule has 1 aliphatic rings. The highest BCUT2D eigenvalue weighted by atomic mass is 16.5. The summed E-state index contributed by atoms with van der Waals surface area (Å²) >= 11 is 0. The molecule has 0 saturated carbocycles. The van der Waals surface area contributed by atoms with Crippen molar-refractivity contribution < 1.29 is 23.9 Å². The number of hydrogen-bond donors (Lipinski definition) is 0. The Morgan fingerprint density at radius 1 is 1.09 bits per heavy atom.